The lowest BCUT2D eigenvalue weighted by molar-refractivity contribution is -0.142. The first-order valence-electron chi connectivity index (χ1n) is 7.27. The van der Waals surface area contributed by atoms with Crippen molar-refractivity contribution >= 4 is 24.2 Å². The molecule has 1 rings (SSSR count). The van der Waals surface area contributed by atoms with E-state index in [-0.39, 0.29) is 42.7 Å². The van der Waals surface area contributed by atoms with Gasteiger partial charge in [-0.25, -0.2) is 0 Å². The Morgan fingerprint density at radius 2 is 1.80 bits per heavy atom. The molecule has 0 bridgehead atoms. The van der Waals surface area contributed by atoms with Crippen LogP contribution in [0.4, 0.5) is 0 Å². The maximum absolute atomic E-state index is 12.3. The zero-order chi connectivity index (χ0) is 14.4. The first-order chi connectivity index (χ1) is 8.99. The number of likely N-dealkylation sites (N-methyl/N-ethyl adjacent to an activating group) is 2. The molecule has 1 fully saturated rings. The summed E-state index contributed by atoms with van der Waals surface area (Å²) in [7, 11) is 1.71. The van der Waals surface area contributed by atoms with Crippen molar-refractivity contribution in [1.29, 1.82) is 0 Å². The van der Waals surface area contributed by atoms with Gasteiger partial charge in [0.15, 0.2) is 0 Å². The molecule has 6 heteroatoms. The molecule has 2 unspecified atom stereocenters. The maximum Gasteiger partial charge on any atom is 0.242 e. The average molecular weight is 306 g/mol. The molecule has 2 N–H and O–H groups in total. The molecule has 1 aliphatic rings. The van der Waals surface area contributed by atoms with E-state index in [1.807, 2.05) is 13.8 Å². The van der Waals surface area contributed by atoms with Crippen LogP contribution in [-0.4, -0.2) is 54.3 Å². The van der Waals surface area contributed by atoms with Gasteiger partial charge in [0.2, 0.25) is 11.8 Å². The summed E-state index contributed by atoms with van der Waals surface area (Å²) >= 11 is 0. The van der Waals surface area contributed by atoms with Crippen LogP contribution < -0.4 is 5.73 Å². The lowest BCUT2D eigenvalue weighted by atomic mass is 9.85. The van der Waals surface area contributed by atoms with Crippen molar-refractivity contribution in [2.24, 2.45) is 11.7 Å². The van der Waals surface area contributed by atoms with Crippen molar-refractivity contribution in [3.63, 3.8) is 0 Å². The van der Waals surface area contributed by atoms with E-state index in [4.69, 9.17) is 5.73 Å². The van der Waals surface area contributed by atoms with Gasteiger partial charge in [0.1, 0.15) is 0 Å². The third kappa shape index (κ3) is 5.29. The summed E-state index contributed by atoms with van der Waals surface area (Å²) in [5.74, 6) is 0.0786. The summed E-state index contributed by atoms with van der Waals surface area (Å²) in [5, 5.41) is 0. The summed E-state index contributed by atoms with van der Waals surface area (Å²) in [4.78, 5) is 27.6. The van der Waals surface area contributed by atoms with Crippen molar-refractivity contribution in [1.82, 2.24) is 9.80 Å². The fourth-order valence-electron chi connectivity index (χ4n) is 2.72. The third-order valence-corrected chi connectivity index (χ3v) is 3.93. The molecule has 20 heavy (non-hydrogen) atoms. The molecular weight excluding hydrogens is 278 g/mol. The molecule has 1 saturated carbocycles. The molecular formula is C14H28ClN3O2. The van der Waals surface area contributed by atoms with Gasteiger partial charge in [0, 0.05) is 32.1 Å². The third-order valence-electron chi connectivity index (χ3n) is 3.93. The average Bonchev–Trinajstić information content (AvgIpc) is 2.39. The first kappa shape index (κ1) is 19.2. The van der Waals surface area contributed by atoms with Gasteiger partial charge < -0.3 is 15.5 Å². The van der Waals surface area contributed by atoms with E-state index in [0.717, 1.165) is 25.7 Å². The summed E-state index contributed by atoms with van der Waals surface area (Å²) in [6.45, 7) is 5.44. The Bertz CT molecular complexity index is 322. The maximum atomic E-state index is 12.3. The molecule has 0 aromatic carbocycles. The van der Waals surface area contributed by atoms with Gasteiger partial charge in [-0.2, -0.15) is 0 Å². The number of amides is 2. The molecule has 1 aliphatic carbocycles. The Labute approximate surface area is 128 Å². The minimum absolute atomic E-state index is 0. The SMILES string of the molecule is CCN(CC)C(=O)CN(C)C(=O)C1CCCC(N)C1.Cl. The number of hydrogen-bond acceptors (Lipinski definition) is 3. The fourth-order valence-corrected chi connectivity index (χ4v) is 2.72. The Kier molecular flexibility index (Phi) is 8.81. The minimum atomic E-state index is -0.00162. The Morgan fingerprint density at radius 1 is 1.20 bits per heavy atom. The Balaban J connectivity index is 0.00000361. The van der Waals surface area contributed by atoms with E-state index < -0.39 is 0 Å². The predicted octanol–water partition coefficient (Wildman–Crippen LogP) is 1.25. The molecule has 0 radical (unpaired) electrons. The first-order valence-corrected chi connectivity index (χ1v) is 7.27. The van der Waals surface area contributed by atoms with Crippen LogP contribution in [0.25, 0.3) is 0 Å². The molecule has 118 valence electrons. The Hall–Kier alpha value is -0.810. The molecule has 0 aromatic rings. The standard InChI is InChI=1S/C14H27N3O2.ClH/c1-4-17(5-2)13(18)10-16(3)14(19)11-7-6-8-12(15)9-11;/h11-12H,4-10,15H2,1-3H3;1H. The van der Waals surface area contributed by atoms with Gasteiger partial charge in [-0.05, 0) is 33.1 Å². The van der Waals surface area contributed by atoms with Crippen LogP contribution in [0.15, 0.2) is 0 Å². The lowest BCUT2D eigenvalue weighted by Crippen LogP contribution is -2.44. The minimum Gasteiger partial charge on any atom is -0.342 e. The van der Waals surface area contributed by atoms with Crippen LogP contribution in [0.1, 0.15) is 39.5 Å². The van der Waals surface area contributed by atoms with E-state index in [2.05, 4.69) is 0 Å². The second kappa shape index (κ2) is 9.19. The van der Waals surface area contributed by atoms with E-state index in [1.165, 1.54) is 0 Å². The molecule has 0 saturated heterocycles. The summed E-state index contributed by atoms with van der Waals surface area (Å²) in [6, 6.07) is 0.134. The number of nitrogens with two attached hydrogens (primary N) is 1. The van der Waals surface area contributed by atoms with E-state index >= 15 is 0 Å². The van der Waals surface area contributed by atoms with Crippen LogP contribution in [0.3, 0.4) is 0 Å². The fraction of sp³-hybridized carbons (Fsp3) is 0.857. The number of carbonyl (C=O) groups excluding carboxylic acids is 2. The monoisotopic (exact) mass is 305 g/mol. The van der Waals surface area contributed by atoms with Crippen LogP contribution in [0.2, 0.25) is 0 Å². The van der Waals surface area contributed by atoms with Crippen LogP contribution >= 0.6 is 12.4 Å². The van der Waals surface area contributed by atoms with Crippen molar-refractivity contribution < 1.29 is 9.59 Å². The smallest absolute Gasteiger partial charge is 0.242 e. The molecule has 2 atom stereocenters. The van der Waals surface area contributed by atoms with Gasteiger partial charge >= 0.3 is 0 Å². The van der Waals surface area contributed by atoms with Gasteiger partial charge in [-0.3, -0.25) is 9.59 Å². The number of nitrogens with zero attached hydrogens (tertiary/aromatic N) is 2. The van der Waals surface area contributed by atoms with E-state index in [9.17, 15) is 9.59 Å². The predicted molar refractivity (Wildman–Crippen MR) is 82.7 cm³/mol. The molecule has 5 nitrogen and oxygen atoms in total. The van der Waals surface area contributed by atoms with Gasteiger partial charge in [-0.15, -0.1) is 12.4 Å². The highest BCUT2D eigenvalue weighted by atomic mass is 35.5. The van der Waals surface area contributed by atoms with Gasteiger partial charge in [0.05, 0.1) is 6.54 Å². The number of rotatable bonds is 5. The lowest BCUT2D eigenvalue weighted by Gasteiger charge is -2.30. The van der Waals surface area contributed by atoms with E-state index in [1.54, 1.807) is 16.8 Å². The normalized spacial score (nSPS) is 21.8. The molecule has 2 amide bonds. The second-order valence-electron chi connectivity index (χ2n) is 5.38. The van der Waals surface area contributed by atoms with Gasteiger partial charge in [-0.1, -0.05) is 6.42 Å². The number of carbonyl (C=O) groups is 2. The van der Waals surface area contributed by atoms with E-state index in [0.29, 0.717) is 13.1 Å². The topological polar surface area (TPSA) is 66.6 Å². The largest absolute Gasteiger partial charge is 0.342 e. The van der Waals surface area contributed by atoms with Crippen LogP contribution in [0, 0.1) is 5.92 Å². The zero-order valence-corrected chi connectivity index (χ0v) is 13.6. The van der Waals surface area contributed by atoms with Crippen LogP contribution in [-0.2, 0) is 9.59 Å². The van der Waals surface area contributed by atoms with Crippen molar-refractivity contribution in [2.45, 2.75) is 45.6 Å². The highest BCUT2D eigenvalue weighted by Crippen LogP contribution is 2.24. The highest BCUT2D eigenvalue weighted by molar-refractivity contribution is 5.86. The quantitative estimate of drug-likeness (QED) is 0.831. The summed E-state index contributed by atoms with van der Waals surface area (Å²) < 4.78 is 0. The molecule has 0 spiro atoms. The van der Waals surface area contributed by atoms with Crippen molar-refractivity contribution in [2.75, 3.05) is 26.7 Å². The van der Waals surface area contributed by atoms with Gasteiger partial charge in [0.25, 0.3) is 0 Å². The summed E-state index contributed by atoms with van der Waals surface area (Å²) in [5.41, 5.74) is 5.91. The Morgan fingerprint density at radius 3 is 2.30 bits per heavy atom. The summed E-state index contributed by atoms with van der Waals surface area (Å²) in [6.07, 6.45) is 3.67. The highest BCUT2D eigenvalue weighted by Gasteiger charge is 2.28. The second-order valence-corrected chi connectivity index (χ2v) is 5.38. The number of halogens is 1. The van der Waals surface area contributed by atoms with Crippen molar-refractivity contribution in [3.05, 3.63) is 0 Å². The molecule has 0 aliphatic heterocycles. The van der Waals surface area contributed by atoms with Crippen molar-refractivity contribution in [3.8, 4) is 0 Å². The zero-order valence-electron chi connectivity index (χ0n) is 12.8. The van der Waals surface area contributed by atoms with Crippen LogP contribution in [0.5, 0.6) is 0 Å². The number of hydrogen-bond donors (Lipinski definition) is 1. The molecule has 0 heterocycles. The molecule has 0 aromatic heterocycles.